The number of carbonyl (C=O) groups excluding carboxylic acids is 2. The summed E-state index contributed by atoms with van der Waals surface area (Å²) in [6, 6.07) is 8.51. The van der Waals surface area contributed by atoms with E-state index in [1.165, 1.54) is 21.1 Å². The Bertz CT molecular complexity index is 826. The molecule has 0 aliphatic carbocycles. The van der Waals surface area contributed by atoms with Gasteiger partial charge in [0.25, 0.3) is 0 Å². The Morgan fingerprint density at radius 2 is 1.68 bits per heavy atom. The predicted molar refractivity (Wildman–Crippen MR) is 90.2 cm³/mol. The zero-order valence-electron chi connectivity index (χ0n) is 14.3. The first-order valence-electron chi connectivity index (χ1n) is 7.80. The van der Waals surface area contributed by atoms with Gasteiger partial charge >= 0.3 is 5.97 Å². The molecule has 0 radical (unpaired) electrons. The lowest BCUT2D eigenvalue weighted by molar-refractivity contribution is 0.0726. The normalized spacial score (nSPS) is 12.1. The lowest BCUT2D eigenvalue weighted by Crippen LogP contribution is -2.13. The van der Waals surface area contributed by atoms with Crippen molar-refractivity contribution in [1.29, 1.82) is 0 Å². The van der Waals surface area contributed by atoms with E-state index in [4.69, 9.17) is 18.9 Å². The van der Waals surface area contributed by atoms with Crippen LogP contribution in [-0.2, 0) is 6.42 Å². The summed E-state index contributed by atoms with van der Waals surface area (Å²) in [7, 11) is 2.91. The minimum Gasteiger partial charge on any atom is -0.495 e. The van der Waals surface area contributed by atoms with Crippen LogP contribution in [0.4, 0.5) is 0 Å². The van der Waals surface area contributed by atoms with Gasteiger partial charge in [-0.15, -0.1) is 0 Å². The second-order valence-electron chi connectivity index (χ2n) is 5.49. The number of Topliss-reactive ketones (excluding diaryl/α,β-unsaturated/α-hetero) is 1. The second kappa shape index (κ2) is 6.84. The number of benzene rings is 2. The van der Waals surface area contributed by atoms with Crippen molar-refractivity contribution in [2.45, 2.75) is 13.3 Å². The summed E-state index contributed by atoms with van der Waals surface area (Å²) in [5.74, 6) is 0.156. The molecule has 0 fully saturated rings. The molecule has 0 aromatic heterocycles. The van der Waals surface area contributed by atoms with Gasteiger partial charge in [0.05, 0.1) is 26.4 Å². The van der Waals surface area contributed by atoms with E-state index in [0.717, 1.165) is 5.56 Å². The Labute approximate surface area is 145 Å². The van der Waals surface area contributed by atoms with Crippen molar-refractivity contribution < 1.29 is 28.5 Å². The molecule has 1 heterocycles. The van der Waals surface area contributed by atoms with Crippen LogP contribution in [-0.4, -0.2) is 32.6 Å². The fourth-order valence-electron chi connectivity index (χ4n) is 2.90. The molecule has 1 aliphatic heterocycles. The van der Waals surface area contributed by atoms with Gasteiger partial charge in [-0.3, -0.25) is 4.79 Å². The highest BCUT2D eigenvalue weighted by Gasteiger charge is 2.33. The number of ether oxygens (including phenoxy) is 4. The summed E-state index contributed by atoms with van der Waals surface area (Å²) in [6.07, 6.45) is 0.585. The third-order valence-corrected chi connectivity index (χ3v) is 3.98. The SMILES string of the molecule is COc1c2c(c(OC)c(C(C)=O)c1OC(=O)c1ccccc1)CCO2. The first kappa shape index (κ1) is 16.8. The monoisotopic (exact) mass is 342 g/mol. The summed E-state index contributed by atoms with van der Waals surface area (Å²) in [5.41, 5.74) is 1.27. The summed E-state index contributed by atoms with van der Waals surface area (Å²) in [5, 5.41) is 0. The van der Waals surface area contributed by atoms with E-state index in [2.05, 4.69) is 0 Å². The first-order chi connectivity index (χ1) is 12.1. The van der Waals surface area contributed by atoms with Crippen LogP contribution in [0.1, 0.15) is 33.2 Å². The smallest absolute Gasteiger partial charge is 0.343 e. The highest BCUT2D eigenvalue weighted by Crippen LogP contribution is 2.51. The fourth-order valence-corrected chi connectivity index (χ4v) is 2.90. The van der Waals surface area contributed by atoms with Gasteiger partial charge in [-0.05, 0) is 19.1 Å². The van der Waals surface area contributed by atoms with Gasteiger partial charge < -0.3 is 18.9 Å². The zero-order valence-corrected chi connectivity index (χ0v) is 14.3. The first-order valence-corrected chi connectivity index (χ1v) is 7.80. The molecule has 0 saturated heterocycles. The Hall–Kier alpha value is -3.02. The number of rotatable bonds is 5. The third-order valence-electron chi connectivity index (χ3n) is 3.98. The number of methoxy groups -OCH3 is 2. The second-order valence-corrected chi connectivity index (χ2v) is 5.49. The van der Waals surface area contributed by atoms with Crippen molar-refractivity contribution in [3.05, 3.63) is 47.0 Å². The van der Waals surface area contributed by atoms with Crippen LogP contribution in [0.15, 0.2) is 30.3 Å². The minimum absolute atomic E-state index is 0.0151. The van der Waals surface area contributed by atoms with Gasteiger partial charge in [0.15, 0.2) is 17.3 Å². The largest absolute Gasteiger partial charge is 0.495 e. The lowest BCUT2D eigenvalue weighted by Gasteiger charge is -2.19. The molecular formula is C19H18O6. The van der Waals surface area contributed by atoms with E-state index in [9.17, 15) is 9.59 Å². The van der Waals surface area contributed by atoms with Gasteiger partial charge in [0.2, 0.25) is 5.75 Å². The molecule has 6 heteroatoms. The molecule has 0 unspecified atom stereocenters. The average Bonchev–Trinajstić information content (AvgIpc) is 3.10. The van der Waals surface area contributed by atoms with Gasteiger partial charge in [-0.25, -0.2) is 4.79 Å². The van der Waals surface area contributed by atoms with Gasteiger partial charge in [-0.1, -0.05) is 18.2 Å². The van der Waals surface area contributed by atoms with Gasteiger partial charge in [-0.2, -0.15) is 0 Å². The zero-order chi connectivity index (χ0) is 18.0. The summed E-state index contributed by atoms with van der Waals surface area (Å²) >= 11 is 0. The molecule has 2 aromatic rings. The number of carbonyl (C=O) groups is 2. The Morgan fingerprint density at radius 1 is 1.00 bits per heavy atom. The lowest BCUT2D eigenvalue weighted by atomic mass is 10.0. The van der Waals surface area contributed by atoms with Crippen molar-refractivity contribution >= 4 is 11.8 Å². The topological polar surface area (TPSA) is 71.1 Å². The van der Waals surface area contributed by atoms with Crippen molar-refractivity contribution in [3.63, 3.8) is 0 Å². The highest BCUT2D eigenvalue weighted by atomic mass is 16.6. The van der Waals surface area contributed by atoms with Crippen molar-refractivity contribution in [2.75, 3.05) is 20.8 Å². The van der Waals surface area contributed by atoms with E-state index in [1.54, 1.807) is 30.3 Å². The predicted octanol–water partition coefficient (Wildman–Crippen LogP) is 3.06. The summed E-state index contributed by atoms with van der Waals surface area (Å²) < 4.78 is 22.0. The number of esters is 1. The third kappa shape index (κ3) is 2.91. The van der Waals surface area contributed by atoms with Crippen LogP contribution in [0.2, 0.25) is 0 Å². The van der Waals surface area contributed by atoms with Gasteiger partial charge in [0, 0.05) is 12.0 Å². The maximum Gasteiger partial charge on any atom is 0.343 e. The Kier molecular flexibility index (Phi) is 4.61. The van der Waals surface area contributed by atoms with Crippen LogP contribution >= 0.6 is 0 Å². The van der Waals surface area contributed by atoms with Crippen LogP contribution < -0.4 is 18.9 Å². The molecule has 0 amide bonds. The molecule has 0 saturated carbocycles. The quantitative estimate of drug-likeness (QED) is 0.472. The van der Waals surface area contributed by atoms with Crippen LogP contribution in [0, 0.1) is 0 Å². The van der Waals surface area contributed by atoms with Crippen LogP contribution in [0.3, 0.4) is 0 Å². The van der Waals surface area contributed by atoms with E-state index in [-0.39, 0.29) is 22.8 Å². The van der Waals surface area contributed by atoms with Crippen molar-refractivity contribution in [3.8, 4) is 23.0 Å². The van der Waals surface area contributed by atoms with Crippen LogP contribution in [0.25, 0.3) is 0 Å². The standard InChI is InChI=1S/C19H18O6/c1-11(20)14-15(22-2)13-9-10-24-16(13)18(23-3)17(14)25-19(21)12-7-5-4-6-8-12/h4-8H,9-10H2,1-3H3. The molecule has 0 atom stereocenters. The minimum atomic E-state index is -0.596. The maximum atomic E-state index is 12.5. The Morgan fingerprint density at radius 3 is 2.28 bits per heavy atom. The fraction of sp³-hybridized carbons (Fsp3) is 0.263. The Balaban J connectivity index is 2.17. The van der Waals surface area contributed by atoms with E-state index < -0.39 is 5.97 Å². The molecule has 3 rings (SSSR count). The average molecular weight is 342 g/mol. The molecule has 0 N–H and O–H groups in total. The molecule has 0 spiro atoms. The van der Waals surface area contributed by atoms with Gasteiger partial charge in [0.1, 0.15) is 11.3 Å². The molecule has 2 aromatic carbocycles. The number of fused-ring (bicyclic) bond motifs is 1. The van der Waals surface area contributed by atoms with Crippen molar-refractivity contribution in [1.82, 2.24) is 0 Å². The van der Waals surface area contributed by atoms with Crippen molar-refractivity contribution in [2.24, 2.45) is 0 Å². The summed E-state index contributed by atoms with van der Waals surface area (Å²) in [4.78, 5) is 24.8. The molecule has 0 bridgehead atoms. The number of ketones is 1. The number of hydrogen-bond acceptors (Lipinski definition) is 6. The molecule has 6 nitrogen and oxygen atoms in total. The molecule has 1 aliphatic rings. The van der Waals surface area contributed by atoms with E-state index >= 15 is 0 Å². The van der Waals surface area contributed by atoms with Crippen LogP contribution in [0.5, 0.6) is 23.0 Å². The molecule has 130 valence electrons. The summed E-state index contributed by atoms with van der Waals surface area (Å²) in [6.45, 7) is 1.83. The molecule has 25 heavy (non-hydrogen) atoms. The maximum absolute atomic E-state index is 12.5. The number of hydrogen-bond donors (Lipinski definition) is 0. The molecular weight excluding hydrogens is 324 g/mol. The van der Waals surface area contributed by atoms with E-state index in [0.29, 0.717) is 30.1 Å². The highest BCUT2D eigenvalue weighted by molar-refractivity contribution is 6.03. The van der Waals surface area contributed by atoms with E-state index in [1.807, 2.05) is 0 Å².